The van der Waals surface area contributed by atoms with E-state index in [0.717, 1.165) is 11.1 Å². The lowest BCUT2D eigenvalue weighted by Gasteiger charge is -2.11. The fourth-order valence-corrected chi connectivity index (χ4v) is 2.22. The zero-order valence-electron chi connectivity index (χ0n) is 12.7. The van der Waals surface area contributed by atoms with Gasteiger partial charge in [0.2, 0.25) is 5.88 Å². The molecule has 120 valence electrons. The van der Waals surface area contributed by atoms with Crippen LogP contribution in [0.1, 0.15) is 11.1 Å². The van der Waals surface area contributed by atoms with Crippen molar-refractivity contribution in [3.05, 3.63) is 72.1 Å². The van der Waals surface area contributed by atoms with Crippen LogP contribution in [-0.2, 0) is 6.61 Å². The van der Waals surface area contributed by atoms with Gasteiger partial charge in [-0.15, -0.1) is 12.4 Å². The monoisotopic (exact) mass is 338 g/mol. The Morgan fingerprint density at radius 2 is 1.92 bits per heavy atom. The van der Waals surface area contributed by atoms with Crippen LogP contribution in [-0.4, -0.2) is 9.97 Å². The van der Waals surface area contributed by atoms with Crippen molar-refractivity contribution < 1.29 is 4.74 Å². The van der Waals surface area contributed by atoms with Crippen LogP contribution in [0, 0.1) is 11.3 Å². The first-order valence-electron chi connectivity index (χ1n) is 7.05. The molecule has 6 heteroatoms. The van der Waals surface area contributed by atoms with E-state index in [-0.39, 0.29) is 18.2 Å². The topological polar surface area (TPSA) is 84.8 Å². The van der Waals surface area contributed by atoms with Crippen LogP contribution < -0.4 is 10.5 Å². The predicted octanol–water partition coefficient (Wildman–Crippen LogP) is 3.60. The van der Waals surface area contributed by atoms with Gasteiger partial charge in [0.05, 0.1) is 0 Å². The minimum atomic E-state index is 0. The van der Waals surface area contributed by atoms with E-state index >= 15 is 0 Å². The number of halogens is 1. The zero-order valence-corrected chi connectivity index (χ0v) is 13.5. The predicted molar refractivity (Wildman–Crippen MR) is 94.6 cm³/mol. The summed E-state index contributed by atoms with van der Waals surface area (Å²) in [6, 6.07) is 17.2. The summed E-state index contributed by atoms with van der Waals surface area (Å²) >= 11 is 0. The summed E-state index contributed by atoms with van der Waals surface area (Å²) in [4.78, 5) is 8.20. The van der Waals surface area contributed by atoms with Crippen molar-refractivity contribution in [2.75, 3.05) is 5.73 Å². The minimum Gasteiger partial charge on any atom is -0.473 e. The van der Waals surface area contributed by atoms with Gasteiger partial charge in [-0.05, 0) is 11.6 Å². The molecule has 1 aromatic carbocycles. The molecular weight excluding hydrogens is 324 g/mol. The third-order valence-corrected chi connectivity index (χ3v) is 3.33. The highest BCUT2D eigenvalue weighted by atomic mass is 35.5. The third kappa shape index (κ3) is 3.80. The van der Waals surface area contributed by atoms with Gasteiger partial charge in [0.1, 0.15) is 24.1 Å². The first-order valence-corrected chi connectivity index (χ1v) is 7.05. The molecule has 0 saturated carbocycles. The van der Waals surface area contributed by atoms with Gasteiger partial charge in [-0.25, -0.2) is 0 Å². The van der Waals surface area contributed by atoms with E-state index in [0.29, 0.717) is 23.6 Å². The van der Waals surface area contributed by atoms with Gasteiger partial charge in [0, 0.05) is 29.6 Å². The Hall–Kier alpha value is -3.10. The molecule has 24 heavy (non-hydrogen) atoms. The Kier molecular flexibility index (Phi) is 5.72. The van der Waals surface area contributed by atoms with Crippen LogP contribution in [0.4, 0.5) is 5.82 Å². The molecule has 0 bridgehead atoms. The van der Waals surface area contributed by atoms with Crippen LogP contribution in [0.3, 0.4) is 0 Å². The second-order valence-electron chi connectivity index (χ2n) is 4.90. The number of ether oxygens (including phenoxy) is 1. The molecule has 3 rings (SSSR count). The molecule has 0 radical (unpaired) electrons. The van der Waals surface area contributed by atoms with Gasteiger partial charge in [0.25, 0.3) is 0 Å². The van der Waals surface area contributed by atoms with Crippen LogP contribution in [0.25, 0.3) is 11.1 Å². The highest BCUT2D eigenvalue weighted by Gasteiger charge is 2.13. The van der Waals surface area contributed by atoms with Crippen molar-refractivity contribution in [2.45, 2.75) is 6.61 Å². The van der Waals surface area contributed by atoms with E-state index < -0.39 is 0 Å². The molecule has 2 N–H and O–H groups in total. The molecule has 3 aromatic rings. The maximum atomic E-state index is 9.34. The normalized spacial score (nSPS) is 9.62. The SMILES string of the molecule is Cl.N#Cc1c(-c2ccccc2)cc(OCc2cccnc2)nc1N. The lowest BCUT2D eigenvalue weighted by Crippen LogP contribution is -2.03. The fourth-order valence-electron chi connectivity index (χ4n) is 2.22. The van der Waals surface area contributed by atoms with Crippen molar-refractivity contribution in [1.29, 1.82) is 5.26 Å². The van der Waals surface area contributed by atoms with E-state index in [2.05, 4.69) is 16.0 Å². The first kappa shape index (κ1) is 17.3. The Morgan fingerprint density at radius 1 is 1.12 bits per heavy atom. The number of anilines is 1. The van der Waals surface area contributed by atoms with Crippen LogP contribution >= 0.6 is 12.4 Å². The van der Waals surface area contributed by atoms with E-state index in [1.807, 2.05) is 42.5 Å². The second-order valence-corrected chi connectivity index (χ2v) is 4.90. The fraction of sp³-hybridized carbons (Fsp3) is 0.0556. The minimum absolute atomic E-state index is 0. The average Bonchev–Trinajstić information content (AvgIpc) is 2.61. The molecule has 0 aliphatic rings. The number of benzene rings is 1. The Balaban J connectivity index is 0.00000208. The summed E-state index contributed by atoms with van der Waals surface area (Å²) in [7, 11) is 0. The van der Waals surface area contributed by atoms with Gasteiger partial charge >= 0.3 is 0 Å². The number of nitrogens with two attached hydrogens (primary N) is 1. The summed E-state index contributed by atoms with van der Waals surface area (Å²) in [6.45, 7) is 0.334. The number of hydrogen-bond donors (Lipinski definition) is 1. The molecule has 0 spiro atoms. The average molecular weight is 339 g/mol. The summed E-state index contributed by atoms with van der Waals surface area (Å²) in [5.41, 5.74) is 8.80. The number of rotatable bonds is 4. The molecule has 2 aromatic heterocycles. The molecule has 0 atom stereocenters. The number of nitriles is 1. The molecular formula is C18H15ClN4O. The zero-order chi connectivity index (χ0) is 16.1. The van der Waals surface area contributed by atoms with Crippen molar-refractivity contribution in [1.82, 2.24) is 9.97 Å². The highest BCUT2D eigenvalue weighted by molar-refractivity contribution is 5.85. The van der Waals surface area contributed by atoms with Crippen LogP contribution in [0.15, 0.2) is 60.9 Å². The van der Waals surface area contributed by atoms with Gasteiger partial charge in [-0.3, -0.25) is 4.98 Å². The number of hydrogen-bond acceptors (Lipinski definition) is 5. The number of pyridine rings is 2. The summed E-state index contributed by atoms with van der Waals surface area (Å²) in [5.74, 6) is 0.541. The Morgan fingerprint density at radius 3 is 2.58 bits per heavy atom. The molecule has 5 nitrogen and oxygen atoms in total. The standard InChI is InChI=1S/C18H14N4O.ClH/c19-10-16-15(14-6-2-1-3-7-14)9-17(22-18(16)20)23-12-13-5-4-8-21-11-13;/h1-9,11H,12H2,(H2,20,22);1H. The Bertz CT molecular complexity index is 848. The molecule has 2 heterocycles. The molecule has 0 aliphatic heterocycles. The van der Waals surface area contributed by atoms with Crippen molar-refractivity contribution >= 4 is 18.2 Å². The van der Waals surface area contributed by atoms with E-state index in [1.165, 1.54) is 0 Å². The van der Waals surface area contributed by atoms with Crippen molar-refractivity contribution in [3.8, 4) is 23.1 Å². The maximum Gasteiger partial charge on any atom is 0.216 e. The van der Waals surface area contributed by atoms with Crippen molar-refractivity contribution in [3.63, 3.8) is 0 Å². The first-order chi connectivity index (χ1) is 11.3. The second kappa shape index (κ2) is 7.95. The molecule has 0 saturated heterocycles. The summed E-state index contributed by atoms with van der Waals surface area (Å²) in [5, 5.41) is 9.34. The quantitative estimate of drug-likeness (QED) is 0.785. The number of nitrogen functional groups attached to an aromatic ring is 1. The van der Waals surface area contributed by atoms with E-state index in [9.17, 15) is 5.26 Å². The lowest BCUT2D eigenvalue weighted by atomic mass is 10.0. The molecule has 0 unspecified atom stereocenters. The smallest absolute Gasteiger partial charge is 0.216 e. The number of aromatic nitrogens is 2. The van der Waals surface area contributed by atoms with Crippen molar-refractivity contribution in [2.24, 2.45) is 0 Å². The summed E-state index contributed by atoms with van der Waals surface area (Å²) in [6.07, 6.45) is 3.43. The highest BCUT2D eigenvalue weighted by Crippen LogP contribution is 2.29. The van der Waals surface area contributed by atoms with Gasteiger partial charge in [-0.1, -0.05) is 36.4 Å². The van der Waals surface area contributed by atoms with E-state index in [1.54, 1.807) is 18.5 Å². The largest absolute Gasteiger partial charge is 0.473 e. The van der Waals surface area contributed by atoms with Crippen LogP contribution in [0.5, 0.6) is 5.88 Å². The van der Waals surface area contributed by atoms with Gasteiger partial charge in [0.15, 0.2) is 0 Å². The van der Waals surface area contributed by atoms with Crippen LogP contribution in [0.2, 0.25) is 0 Å². The van der Waals surface area contributed by atoms with Gasteiger partial charge in [-0.2, -0.15) is 10.2 Å². The Labute approximate surface area is 146 Å². The lowest BCUT2D eigenvalue weighted by molar-refractivity contribution is 0.294. The number of nitrogens with zero attached hydrogens (tertiary/aromatic N) is 3. The summed E-state index contributed by atoms with van der Waals surface area (Å²) < 4.78 is 5.69. The van der Waals surface area contributed by atoms with E-state index in [4.69, 9.17) is 10.5 Å². The maximum absolute atomic E-state index is 9.34. The van der Waals surface area contributed by atoms with Gasteiger partial charge < -0.3 is 10.5 Å². The molecule has 0 amide bonds. The third-order valence-electron chi connectivity index (χ3n) is 3.33. The molecule has 0 aliphatic carbocycles. The molecule has 0 fully saturated rings.